The lowest BCUT2D eigenvalue weighted by atomic mass is 10.0. The zero-order chi connectivity index (χ0) is 13.4. The maximum absolute atomic E-state index is 4.75. The molecule has 3 unspecified atom stereocenters. The zero-order valence-electron chi connectivity index (χ0n) is 11.9. The summed E-state index contributed by atoms with van der Waals surface area (Å²) < 4.78 is 2.12. The largest absolute Gasteiger partial charge is 0.291 e. The summed E-state index contributed by atoms with van der Waals surface area (Å²) in [6.07, 6.45) is 8.65. The average molecular weight is 326 g/mol. The van der Waals surface area contributed by atoms with E-state index in [0.717, 1.165) is 29.9 Å². The van der Waals surface area contributed by atoms with E-state index in [1.165, 1.54) is 31.4 Å². The lowest BCUT2D eigenvalue weighted by Gasteiger charge is -2.36. The maximum atomic E-state index is 4.75. The van der Waals surface area contributed by atoms with Crippen LogP contribution in [0.3, 0.4) is 0 Å². The van der Waals surface area contributed by atoms with Crippen LogP contribution in [0.25, 0.3) is 0 Å². The van der Waals surface area contributed by atoms with E-state index in [2.05, 4.69) is 51.6 Å². The molecule has 3 rings (SSSR count). The van der Waals surface area contributed by atoms with Gasteiger partial charge in [0.2, 0.25) is 0 Å². The predicted molar refractivity (Wildman–Crippen MR) is 81.5 cm³/mol. The second-order valence-electron chi connectivity index (χ2n) is 6.17. The molecule has 0 N–H and O–H groups in total. The highest BCUT2D eigenvalue weighted by atomic mass is 79.9. The molecule has 3 atom stereocenters. The Morgan fingerprint density at radius 1 is 1.37 bits per heavy atom. The highest BCUT2D eigenvalue weighted by Gasteiger charge is 2.39. The fourth-order valence-electron chi connectivity index (χ4n) is 3.55. The van der Waals surface area contributed by atoms with Crippen molar-refractivity contribution in [3.8, 4) is 0 Å². The van der Waals surface area contributed by atoms with Crippen molar-refractivity contribution < 1.29 is 0 Å². The summed E-state index contributed by atoms with van der Waals surface area (Å²) in [5, 5.41) is 4.75. The van der Waals surface area contributed by atoms with Crippen molar-refractivity contribution in [3.63, 3.8) is 0 Å². The van der Waals surface area contributed by atoms with Gasteiger partial charge in [-0.15, -0.1) is 0 Å². The monoisotopic (exact) mass is 325 g/mol. The van der Waals surface area contributed by atoms with Crippen LogP contribution in [0.5, 0.6) is 0 Å². The number of hydrogen-bond acceptors (Lipinski definition) is 2. The number of nitrogens with zero attached hydrogens (tertiary/aromatic N) is 3. The molecule has 106 valence electrons. The first-order chi connectivity index (χ1) is 9.17. The number of halogens is 1. The fourth-order valence-corrected chi connectivity index (χ4v) is 4.41. The van der Waals surface area contributed by atoms with Crippen LogP contribution in [-0.4, -0.2) is 31.6 Å². The van der Waals surface area contributed by atoms with Crippen LogP contribution in [0.1, 0.15) is 57.7 Å². The van der Waals surface area contributed by atoms with Crippen LogP contribution in [0.4, 0.5) is 0 Å². The Balaban J connectivity index is 1.67. The van der Waals surface area contributed by atoms with Gasteiger partial charge in [0.05, 0.1) is 5.69 Å². The molecule has 2 fully saturated rings. The van der Waals surface area contributed by atoms with Crippen molar-refractivity contribution in [2.45, 2.75) is 75.4 Å². The molecule has 0 aliphatic carbocycles. The molecule has 3 heterocycles. The third-order valence-corrected chi connectivity index (χ3v) is 5.63. The van der Waals surface area contributed by atoms with Crippen molar-refractivity contribution in [2.24, 2.45) is 0 Å². The molecule has 0 saturated carbocycles. The topological polar surface area (TPSA) is 21.1 Å². The molecule has 3 nitrogen and oxygen atoms in total. The van der Waals surface area contributed by atoms with E-state index in [-0.39, 0.29) is 0 Å². The minimum absolute atomic E-state index is 0.513. The molecule has 0 aromatic carbocycles. The summed E-state index contributed by atoms with van der Waals surface area (Å²) in [7, 11) is 0. The van der Waals surface area contributed by atoms with E-state index >= 15 is 0 Å². The molecule has 0 spiro atoms. The molecule has 2 saturated heterocycles. The van der Waals surface area contributed by atoms with Gasteiger partial charge in [-0.2, -0.15) is 5.10 Å². The van der Waals surface area contributed by atoms with E-state index in [1.807, 2.05) is 0 Å². The summed E-state index contributed by atoms with van der Waals surface area (Å²) in [5.41, 5.74) is 1.24. The molecular weight excluding hydrogens is 302 g/mol. The molecule has 2 aliphatic heterocycles. The molecule has 0 radical (unpaired) electrons. The van der Waals surface area contributed by atoms with Crippen LogP contribution in [0.2, 0.25) is 0 Å². The van der Waals surface area contributed by atoms with Crippen LogP contribution >= 0.6 is 15.9 Å². The van der Waals surface area contributed by atoms with Gasteiger partial charge in [-0.1, -0.05) is 22.9 Å². The molecule has 2 bridgehead atoms. The van der Waals surface area contributed by atoms with Gasteiger partial charge in [0.25, 0.3) is 0 Å². The van der Waals surface area contributed by atoms with E-state index in [1.54, 1.807) is 0 Å². The standard InChI is InChI=1S/C15H24BrN3/c1-3-11(2)19-7-6-13(17-19)10-18-14-4-5-15(18)9-12(16)8-14/h6-7,11-12,14-15H,3-5,8-10H2,1-2H3. The normalized spacial score (nSPS) is 32.7. The smallest absolute Gasteiger partial charge is 0.0765 e. The second-order valence-corrected chi connectivity index (χ2v) is 7.47. The number of rotatable bonds is 4. The van der Waals surface area contributed by atoms with E-state index in [9.17, 15) is 0 Å². The Morgan fingerprint density at radius 3 is 2.68 bits per heavy atom. The Bertz CT molecular complexity index is 417. The summed E-state index contributed by atoms with van der Waals surface area (Å²) in [4.78, 5) is 3.43. The Kier molecular flexibility index (Phi) is 3.99. The van der Waals surface area contributed by atoms with Gasteiger partial charge < -0.3 is 0 Å². The van der Waals surface area contributed by atoms with Crippen molar-refractivity contribution in [3.05, 3.63) is 18.0 Å². The minimum atomic E-state index is 0.513. The number of hydrogen-bond donors (Lipinski definition) is 0. The van der Waals surface area contributed by atoms with Crippen LogP contribution in [-0.2, 0) is 6.54 Å². The first-order valence-corrected chi connectivity index (χ1v) is 8.52. The second kappa shape index (κ2) is 5.57. The summed E-state index contributed by atoms with van der Waals surface area (Å²) in [5.74, 6) is 0. The van der Waals surface area contributed by atoms with Gasteiger partial charge >= 0.3 is 0 Å². The fraction of sp³-hybridized carbons (Fsp3) is 0.800. The Hall–Kier alpha value is -0.350. The third-order valence-electron chi connectivity index (χ3n) is 4.88. The lowest BCUT2D eigenvalue weighted by Crippen LogP contribution is -2.42. The third kappa shape index (κ3) is 2.75. The molecule has 19 heavy (non-hydrogen) atoms. The summed E-state index contributed by atoms with van der Waals surface area (Å²) >= 11 is 3.81. The quantitative estimate of drug-likeness (QED) is 0.786. The lowest BCUT2D eigenvalue weighted by molar-refractivity contribution is 0.134. The molecule has 4 heteroatoms. The van der Waals surface area contributed by atoms with Crippen LogP contribution in [0, 0.1) is 0 Å². The highest BCUT2D eigenvalue weighted by Crippen LogP contribution is 2.39. The van der Waals surface area contributed by atoms with Gasteiger partial charge in [0.15, 0.2) is 0 Å². The number of fused-ring (bicyclic) bond motifs is 2. The molecule has 2 aliphatic rings. The Morgan fingerprint density at radius 2 is 2.05 bits per heavy atom. The van der Waals surface area contributed by atoms with Gasteiger partial charge in [-0.25, -0.2) is 0 Å². The molecule has 0 amide bonds. The van der Waals surface area contributed by atoms with Crippen molar-refractivity contribution in [1.29, 1.82) is 0 Å². The molecular formula is C15H24BrN3. The first kappa shape index (κ1) is 13.6. The zero-order valence-corrected chi connectivity index (χ0v) is 13.5. The molecule has 1 aromatic heterocycles. The number of aromatic nitrogens is 2. The van der Waals surface area contributed by atoms with E-state index in [4.69, 9.17) is 5.10 Å². The average Bonchev–Trinajstić information content (AvgIpc) is 2.94. The van der Waals surface area contributed by atoms with E-state index in [0.29, 0.717) is 6.04 Å². The van der Waals surface area contributed by atoms with E-state index < -0.39 is 0 Å². The maximum Gasteiger partial charge on any atom is 0.0765 e. The highest BCUT2D eigenvalue weighted by molar-refractivity contribution is 9.09. The van der Waals surface area contributed by atoms with Crippen molar-refractivity contribution in [1.82, 2.24) is 14.7 Å². The van der Waals surface area contributed by atoms with Gasteiger partial charge in [0, 0.05) is 35.7 Å². The summed E-state index contributed by atoms with van der Waals surface area (Å²) in [6.45, 7) is 5.49. The van der Waals surface area contributed by atoms with Gasteiger partial charge in [0.1, 0.15) is 0 Å². The Labute approximate surface area is 124 Å². The number of alkyl halides is 1. The number of piperidine rings is 1. The van der Waals surface area contributed by atoms with Crippen molar-refractivity contribution in [2.75, 3.05) is 0 Å². The van der Waals surface area contributed by atoms with Crippen LogP contribution < -0.4 is 0 Å². The predicted octanol–water partition coefficient (Wildman–Crippen LogP) is 3.74. The first-order valence-electron chi connectivity index (χ1n) is 7.61. The minimum Gasteiger partial charge on any atom is -0.291 e. The summed E-state index contributed by atoms with van der Waals surface area (Å²) in [6, 6.07) is 4.26. The SMILES string of the molecule is CCC(C)n1ccc(CN2C3CCC2CC(Br)C3)n1. The van der Waals surface area contributed by atoms with Crippen LogP contribution in [0.15, 0.2) is 12.3 Å². The molecule has 1 aromatic rings. The van der Waals surface area contributed by atoms with Gasteiger partial charge in [-0.3, -0.25) is 9.58 Å². The van der Waals surface area contributed by atoms with Crippen molar-refractivity contribution >= 4 is 15.9 Å². The van der Waals surface area contributed by atoms with Gasteiger partial charge in [-0.05, 0) is 45.1 Å².